The molecular weight excluding hydrogens is 353 g/mol. The van der Waals surface area contributed by atoms with Gasteiger partial charge in [0.05, 0.1) is 6.54 Å². The van der Waals surface area contributed by atoms with Gasteiger partial charge in [0.15, 0.2) is 0 Å². The van der Waals surface area contributed by atoms with E-state index in [4.69, 9.17) is 0 Å². The number of nitrogens with one attached hydrogen (secondary N) is 1. The highest BCUT2D eigenvalue weighted by Crippen LogP contribution is 2.31. The van der Waals surface area contributed by atoms with Crippen molar-refractivity contribution >= 4 is 11.6 Å². The molecule has 1 N–H and O–H groups in total. The van der Waals surface area contributed by atoms with E-state index in [-0.39, 0.29) is 17.8 Å². The van der Waals surface area contributed by atoms with Crippen molar-refractivity contribution in [3.8, 4) is 0 Å². The van der Waals surface area contributed by atoms with Gasteiger partial charge < -0.3 is 10.2 Å². The highest BCUT2D eigenvalue weighted by atomic mass is 19.1. The summed E-state index contributed by atoms with van der Waals surface area (Å²) in [4.78, 5) is 17.1. The van der Waals surface area contributed by atoms with Crippen LogP contribution in [0, 0.1) is 11.7 Å². The third kappa shape index (κ3) is 4.53. The van der Waals surface area contributed by atoms with Gasteiger partial charge in [0, 0.05) is 31.4 Å². The Morgan fingerprint density at radius 3 is 2.75 bits per heavy atom. The number of nitrogens with zero attached hydrogens (tertiary/aromatic N) is 2. The van der Waals surface area contributed by atoms with Crippen LogP contribution in [0.15, 0.2) is 54.6 Å². The lowest BCUT2D eigenvalue weighted by molar-refractivity contribution is -0.122. The number of para-hydroxylation sites is 1. The molecule has 2 aromatic rings. The van der Waals surface area contributed by atoms with Crippen LogP contribution in [0.5, 0.6) is 0 Å². The molecule has 4 nitrogen and oxygen atoms in total. The maximum Gasteiger partial charge on any atom is 0.234 e. The predicted octanol–water partition coefficient (Wildman–Crippen LogP) is 3.61. The SMILES string of the molecule is O=C(CN1CCCC1c1cccc(F)c1)NCC1CCN(c2ccccc2)C1. The van der Waals surface area contributed by atoms with Gasteiger partial charge in [0.25, 0.3) is 0 Å². The molecule has 4 rings (SSSR count). The van der Waals surface area contributed by atoms with Crippen LogP contribution in [0.3, 0.4) is 0 Å². The van der Waals surface area contributed by atoms with Gasteiger partial charge in [0.2, 0.25) is 5.91 Å². The van der Waals surface area contributed by atoms with Crippen molar-refractivity contribution in [2.24, 2.45) is 5.92 Å². The Kier molecular flexibility index (Phi) is 5.91. The van der Waals surface area contributed by atoms with Crippen LogP contribution < -0.4 is 10.2 Å². The van der Waals surface area contributed by atoms with Crippen molar-refractivity contribution in [1.29, 1.82) is 0 Å². The summed E-state index contributed by atoms with van der Waals surface area (Å²) in [5.74, 6) is 0.348. The summed E-state index contributed by atoms with van der Waals surface area (Å²) >= 11 is 0. The van der Waals surface area contributed by atoms with Gasteiger partial charge in [-0.05, 0) is 61.6 Å². The summed E-state index contributed by atoms with van der Waals surface area (Å²) in [6, 6.07) is 17.4. The lowest BCUT2D eigenvalue weighted by Crippen LogP contribution is -2.39. The average Bonchev–Trinajstić information content (AvgIpc) is 3.37. The van der Waals surface area contributed by atoms with Crippen molar-refractivity contribution in [3.05, 3.63) is 66.0 Å². The minimum atomic E-state index is -0.210. The number of hydrogen-bond acceptors (Lipinski definition) is 3. The number of anilines is 1. The molecule has 0 radical (unpaired) electrons. The van der Waals surface area contributed by atoms with Crippen molar-refractivity contribution in [1.82, 2.24) is 10.2 Å². The molecule has 2 heterocycles. The van der Waals surface area contributed by atoms with Gasteiger partial charge in [-0.2, -0.15) is 0 Å². The Labute approximate surface area is 166 Å². The van der Waals surface area contributed by atoms with E-state index in [0.717, 1.165) is 51.0 Å². The van der Waals surface area contributed by atoms with Crippen LogP contribution in [0.1, 0.15) is 30.9 Å². The maximum atomic E-state index is 13.6. The lowest BCUT2D eigenvalue weighted by Gasteiger charge is -2.24. The Hall–Kier alpha value is -2.40. The average molecular weight is 381 g/mol. The summed E-state index contributed by atoms with van der Waals surface area (Å²) in [5.41, 5.74) is 2.23. The first-order chi connectivity index (χ1) is 13.7. The second kappa shape index (κ2) is 8.74. The van der Waals surface area contributed by atoms with E-state index in [1.165, 1.54) is 11.8 Å². The molecule has 1 amide bonds. The summed E-state index contributed by atoms with van der Waals surface area (Å²) in [5, 5.41) is 3.13. The molecule has 0 spiro atoms. The predicted molar refractivity (Wildman–Crippen MR) is 110 cm³/mol. The number of rotatable bonds is 6. The van der Waals surface area contributed by atoms with Crippen molar-refractivity contribution in [3.63, 3.8) is 0 Å². The molecular formula is C23H28FN3O. The molecule has 2 fully saturated rings. The normalized spacial score (nSPS) is 22.5. The smallest absolute Gasteiger partial charge is 0.234 e. The Balaban J connectivity index is 1.26. The lowest BCUT2D eigenvalue weighted by atomic mass is 10.0. The van der Waals surface area contributed by atoms with Crippen LogP contribution in [0.25, 0.3) is 0 Å². The summed E-state index contributed by atoms with van der Waals surface area (Å²) < 4.78 is 13.6. The zero-order valence-electron chi connectivity index (χ0n) is 16.2. The molecule has 0 aliphatic carbocycles. The minimum Gasteiger partial charge on any atom is -0.371 e. The zero-order chi connectivity index (χ0) is 19.3. The fourth-order valence-electron chi connectivity index (χ4n) is 4.48. The molecule has 2 aromatic carbocycles. The minimum absolute atomic E-state index is 0.0708. The van der Waals surface area contributed by atoms with Gasteiger partial charge in [-0.15, -0.1) is 0 Å². The quantitative estimate of drug-likeness (QED) is 0.830. The second-order valence-electron chi connectivity index (χ2n) is 7.92. The number of carbonyl (C=O) groups excluding carboxylic acids is 1. The molecule has 28 heavy (non-hydrogen) atoms. The van der Waals surface area contributed by atoms with Gasteiger partial charge in [0.1, 0.15) is 5.82 Å². The zero-order valence-corrected chi connectivity index (χ0v) is 16.2. The third-order valence-electron chi connectivity index (χ3n) is 5.94. The number of halogens is 1. The fourth-order valence-corrected chi connectivity index (χ4v) is 4.48. The summed E-state index contributed by atoms with van der Waals surface area (Å²) in [6.45, 7) is 4.02. The van der Waals surface area contributed by atoms with Crippen molar-refractivity contribution in [2.45, 2.75) is 25.3 Å². The molecule has 2 aliphatic heterocycles. The first-order valence-corrected chi connectivity index (χ1v) is 10.3. The van der Waals surface area contributed by atoms with Crippen LogP contribution in [-0.2, 0) is 4.79 Å². The number of hydrogen-bond donors (Lipinski definition) is 1. The molecule has 2 atom stereocenters. The third-order valence-corrected chi connectivity index (χ3v) is 5.94. The molecule has 0 saturated carbocycles. The fraction of sp³-hybridized carbons (Fsp3) is 0.435. The van der Waals surface area contributed by atoms with Gasteiger partial charge in [-0.25, -0.2) is 4.39 Å². The summed E-state index contributed by atoms with van der Waals surface area (Å²) in [6.07, 6.45) is 3.12. The Morgan fingerprint density at radius 2 is 1.93 bits per heavy atom. The van der Waals surface area contributed by atoms with Crippen molar-refractivity contribution in [2.75, 3.05) is 37.6 Å². The number of amides is 1. The maximum absolute atomic E-state index is 13.6. The molecule has 148 valence electrons. The monoisotopic (exact) mass is 381 g/mol. The van der Waals surface area contributed by atoms with Crippen LogP contribution in [0.2, 0.25) is 0 Å². The topological polar surface area (TPSA) is 35.6 Å². The number of likely N-dealkylation sites (tertiary alicyclic amines) is 1. The molecule has 2 saturated heterocycles. The van der Waals surface area contributed by atoms with Crippen LogP contribution in [-0.4, -0.2) is 43.5 Å². The van der Waals surface area contributed by atoms with E-state index in [1.54, 1.807) is 12.1 Å². The molecule has 2 aliphatic rings. The van der Waals surface area contributed by atoms with E-state index in [0.29, 0.717) is 12.5 Å². The van der Waals surface area contributed by atoms with Crippen molar-refractivity contribution < 1.29 is 9.18 Å². The van der Waals surface area contributed by atoms with Crippen LogP contribution >= 0.6 is 0 Å². The second-order valence-corrected chi connectivity index (χ2v) is 7.92. The van der Waals surface area contributed by atoms with E-state index in [9.17, 15) is 9.18 Å². The van der Waals surface area contributed by atoms with E-state index in [1.807, 2.05) is 12.1 Å². The largest absolute Gasteiger partial charge is 0.371 e. The highest BCUT2D eigenvalue weighted by Gasteiger charge is 2.28. The molecule has 0 aromatic heterocycles. The van der Waals surface area contributed by atoms with E-state index < -0.39 is 0 Å². The first kappa shape index (κ1) is 18.9. The van der Waals surface area contributed by atoms with Gasteiger partial charge in [-0.1, -0.05) is 30.3 Å². The molecule has 2 unspecified atom stereocenters. The standard InChI is InChI=1S/C23H28FN3O/c24-20-7-4-6-19(14-20)22-10-5-12-27(22)17-23(28)25-15-18-11-13-26(16-18)21-8-2-1-3-9-21/h1-4,6-9,14,18,22H,5,10-13,15-17H2,(H,25,28). The highest BCUT2D eigenvalue weighted by molar-refractivity contribution is 5.78. The van der Waals surface area contributed by atoms with Crippen LogP contribution in [0.4, 0.5) is 10.1 Å². The van der Waals surface area contributed by atoms with E-state index in [2.05, 4.69) is 39.4 Å². The molecule has 0 bridgehead atoms. The first-order valence-electron chi connectivity index (χ1n) is 10.3. The molecule has 5 heteroatoms. The Morgan fingerprint density at radius 1 is 1.07 bits per heavy atom. The summed E-state index contributed by atoms with van der Waals surface area (Å²) in [7, 11) is 0. The number of carbonyl (C=O) groups is 1. The number of benzene rings is 2. The Bertz CT molecular complexity index is 797. The van der Waals surface area contributed by atoms with Gasteiger partial charge in [-0.3, -0.25) is 9.69 Å². The van der Waals surface area contributed by atoms with E-state index >= 15 is 0 Å². The van der Waals surface area contributed by atoms with Gasteiger partial charge >= 0.3 is 0 Å².